The first kappa shape index (κ1) is 18.1. The number of aryl methyl sites for hydroxylation is 3. The number of carbonyl (C=O) groups is 1. The van der Waals surface area contributed by atoms with E-state index in [1.165, 1.54) is 22.8 Å². The van der Waals surface area contributed by atoms with Crippen molar-refractivity contribution < 1.29 is 4.79 Å². The fourth-order valence-electron chi connectivity index (χ4n) is 2.76. The SMILES string of the molecule is Cc1cc(N(C)C(=O)Cn2c(=O)c3c(ncn3C)n(C)c2=O)ccc1Br. The van der Waals surface area contributed by atoms with Crippen molar-refractivity contribution in [2.45, 2.75) is 13.5 Å². The largest absolute Gasteiger partial charge is 0.332 e. The van der Waals surface area contributed by atoms with Crippen LogP contribution in [0.15, 0.2) is 38.6 Å². The number of anilines is 1. The molecule has 8 nitrogen and oxygen atoms in total. The number of rotatable bonds is 3. The van der Waals surface area contributed by atoms with Gasteiger partial charge in [-0.25, -0.2) is 14.3 Å². The third-order valence-electron chi connectivity index (χ3n) is 4.40. The van der Waals surface area contributed by atoms with Crippen molar-refractivity contribution >= 4 is 38.7 Å². The molecular weight excluding hydrogens is 402 g/mol. The smallest absolute Gasteiger partial charge is 0.328 e. The van der Waals surface area contributed by atoms with Crippen LogP contribution in [0.4, 0.5) is 5.69 Å². The Labute approximate surface area is 157 Å². The molecule has 0 N–H and O–H groups in total. The predicted molar refractivity (Wildman–Crippen MR) is 103 cm³/mol. The first-order valence-corrected chi connectivity index (χ1v) is 8.65. The molecule has 26 heavy (non-hydrogen) atoms. The molecule has 0 fully saturated rings. The van der Waals surface area contributed by atoms with Crippen molar-refractivity contribution in [3.63, 3.8) is 0 Å². The lowest BCUT2D eigenvalue weighted by molar-refractivity contribution is -0.119. The van der Waals surface area contributed by atoms with Gasteiger partial charge in [-0.2, -0.15) is 0 Å². The number of halogens is 1. The summed E-state index contributed by atoms with van der Waals surface area (Å²) in [6.45, 7) is 1.57. The van der Waals surface area contributed by atoms with Gasteiger partial charge < -0.3 is 9.47 Å². The Bertz CT molecular complexity index is 1140. The molecule has 2 aromatic heterocycles. The Balaban J connectivity index is 2.02. The highest BCUT2D eigenvalue weighted by atomic mass is 79.9. The van der Waals surface area contributed by atoms with Crippen LogP contribution in [0, 0.1) is 6.92 Å². The van der Waals surface area contributed by atoms with Crippen LogP contribution < -0.4 is 16.1 Å². The first-order chi connectivity index (χ1) is 12.2. The van der Waals surface area contributed by atoms with Gasteiger partial charge in [-0.05, 0) is 30.7 Å². The summed E-state index contributed by atoms with van der Waals surface area (Å²) >= 11 is 3.42. The molecule has 9 heteroatoms. The normalized spacial score (nSPS) is 11.1. The number of likely N-dealkylation sites (N-methyl/N-ethyl adjacent to an activating group) is 1. The van der Waals surface area contributed by atoms with E-state index in [4.69, 9.17) is 0 Å². The number of imidazole rings is 1. The average Bonchev–Trinajstić information content (AvgIpc) is 3.00. The highest BCUT2D eigenvalue weighted by Crippen LogP contribution is 2.22. The van der Waals surface area contributed by atoms with E-state index in [-0.39, 0.29) is 18.0 Å². The van der Waals surface area contributed by atoms with Crippen molar-refractivity contribution in [3.8, 4) is 0 Å². The van der Waals surface area contributed by atoms with Crippen molar-refractivity contribution in [3.05, 3.63) is 55.4 Å². The number of aromatic nitrogens is 4. The van der Waals surface area contributed by atoms with Crippen LogP contribution in [0.2, 0.25) is 0 Å². The van der Waals surface area contributed by atoms with Gasteiger partial charge in [0.15, 0.2) is 11.2 Å². The lowest BCUT2D eigenvalue weighted by Gasteiger charge is -2.19. The maximum Gasteiger partial charge on any atom is 0.332 e. The number of amides is 1. The molecule has 0 saturated carbocycles. The summed E-state index contributed by atoms with van der Waals surface area (Å²) in [4.78, 5) is 43.4. The second kappa shape index (κ2) is 6.56. The second-order valence-corrected chi connectivity index (χ2v) is 7.00. The van der Waals surface area contributed by atoms with E-state index in [9.17, 15) is 14.4 Å². The monoisotopic (exact) mass is 419 g/mol. The van der Waals surface area contributed by atoms with Crippen molar-refractivity contribution in [1.29, 1.82) is 0 Å². The van der Waals surface area contributed by atoms with E-state index >= 15 is 0 Å². The first-order valence-electron chi connectivity index (χ1n) is 7.86. The summed E-state index contributed by atoms with van der Waals surface area (Å²) < 4.78 is 4.69. The zero-order valence-corrected chi connectivity index (χ0v) is 16.4. The molecule has 0 bridgehead atoms. The van der Waals surface area contributed by atoms with Gasteiger partial charge in [-0.15, -0.1) is 0 Å². The molecule has 0 aliphatic rings. The molecule has 0 aliphatic carbocycles. The van der Waals surface area contributed by atoms with E-state index in [0.717, 1.165) is 14.6 Å². The van der Waals surface area contributed by atoms with Gasteiger partial charge in [-0.1, -0.05) is 15.9 Å². The number of benzene rings is 1. The summed E-state index contributed by atoms with van der Waals surface area (Å²) in [5.41, 5.74) is 1.13. The van der Waals surface area contributed by atoms with E-state index in [2.05, 4.69) is 20.9 Å². The Morgan fingerprint density at radius 1 is 1.27 bits per heavy atom. The van der Waals surface area contributed by atoms with Gasteiger partial charge in [0.05, 0.1) is 6.33 Å². The second-order valence-electron chi connectivity index (χ2n) is 6.15. The van der Waals surface area contributed by atoms with E-state index in [0.29, 0.717) is 11.3 Å². The predicted octanol–water partition coefficient (Wildman–Crippen LogP) is 1.17. The topological polar surface area (TPSA) is 82.1 Å². The standard InChI is InChI=1S/C17H18BrN5O3/c1-10-7-11(5-6-12(10)18)21(3)13(24)8-23-16(25)14-15(19-9-20(14)2)22(4)17(23)26/h5-7,9H,8H2,1-4H3. The van der Waals surface area contributed by atoms with Gasteiger partial charge >= 0.3 is 5.69 Å². The number of hydrogen-bond donors (Lipinski definition) is 0. The van der Waals surface area contributed by atoms with Gasteiger partial charge in [-0.3, -0.25) is 14.2 Å². The maximum absolute atomic E-state index is 12.7. The van der Waals surface area contributed by atoms with Crippen LogP contribution >= 0.6 is 15.9 Å². The van der Waals surface area contributed by atoms with Gasteiger partial charge in [0, 0.05) is 31.3 Å². The Kier molecular flexibility index (Phi) is 4.57. The van der Waals surface area contributed by atoms with Gasteiger partial charge in [0.2, 0.25) is 5.91 Å². The van der Waals surface area contributed by atoms with Crippen molar-refractivity contribution in [2.24, 2.45) is 14.1 Å². The van der Waals surface area contributed by atoms with Crippen LogP contribution in [0.3, 0.4) is 0 Å². The molecule has 3 rings (SSSR count). The zero-order chi connectivity index (χ0) is 19.2. The third-order valence-corrected chi connectivity index (χ3v) is 5.29. The molecule has 0 radical (unpaired) electrons. The molecular formula is C17H18BrN5O3. The molecule has 0 saturated heterocycles. The fourth-order valence-corrected chi connectivity index (χ4v) is 3.01. The molecule has 0 atom stereocenters. The summed E-state index contributed by atoms with van der Waals surface area (Å²) in [5, 5.41) is 0. The minimum Gasteiger partial charge on any atom is -0.328 e. The van der Waals surface area contributed by atoms with E-state index in [1.807, 2.05) is 19.1 Å². The van der Waals surface area contributed by atoms with Gasteiger partial charge in [0.1, 0.15) is 6.54 Å². The number of nitrogens with zero attached hydrogens (tertiary/aromatic N) is 5. The number of carbonyl (C=O) groups excluding carboxylic acids is 1. The van der Waals surface area contributed by atoms with Crippen molar-refractivity contribution in [1.82, 2.24) is 18.7 Å². The quantitative estimate of drug-likeness (QED) is 0.637. The van der Waals surface area contributed by atoms with Crippen molar-refractivity contribution in [2.75, 3.05) is 11.9 Å². The fraction of sp³-hybridized carbons (Fsp3) is 0.294. The summed E-state index contributed by atoms with van der Waals surface area (Å²) in [6.07, 6.45) is 1.47. The minimum atomic E-state index is -0.574. The number of hydrogen-bond acceptors (Lipinski definition) is 4. The Hall–Kier alpha value is -2.68. The highest BCUT2D eigenvalue weighted by Gasteiger charge is 2.19. The van der Waals surface area contributed by atoms with Gasteiger partial charge in [0.25, 0.3) is 5.56 Å². The van der Waals surface area contributed by atoms with Crippen LogP contribution in [-0.2, 0) is 25.4 Å². The molecule has 2 heterocycles. The average molecular weight is 420 g/mol. The number of fused-ring (bicyclic) bond motifs is 1. The van der Waals surface area contributed by atoms with Crippen LogP contribution in [0.5, 0.6) is 0 Å². The molecule has 0 spiro atoms. The lowest BCUT2D eigenvalue weighted by atomic mass is 10.2. The summed E-state index contributed by atoms with van der Waals surface area (Å²) in [7, 11) is 4.81. The molecule has 1 aromatic carbocycles. The van der Waals surface area contributed by atoms with Crippen LogP contribution in [0.1, 0.15) is 5.56 Å². The minimum absolute atomic E-state index is 0.280. The molecule has 1 amide bonds. The van der Waals surface area contributed by atoms with E-state index < -0.39 is 11.2 Å². The van der Waals surface area contributed by atoms with E-state index in [1.54, 1.807) is 24.7 Å². The summed E-state index contributed by atoms with van der Waals surface area (Å²) in [6, 6.07) is 5.49. The summed E-state index contributed by atoms with van der Waals surface area (Å²) in [5.74, 6) is -0.368. The van der Waals surface area contributed by atoms with Crippen LogP contribution in [0.25, 0.3) is 11.2 Å². The maximum atomic E-state index is 12.7. The molecule has 0 unspecified atom stereocenters. The Morgan fingerprint density at radius 3 is 2.62 bits per heavy atom. The zero-order valence-electron chi connectivity index (χ0n) is 14.9. The lowest BCUT2D eigenvalue weighted by Crippen LogP contribution is -2.44. The van der Waals surface area contributed by atoms with Crippen LogP contribution in [-0.4, -0.2) is 31.6 Å². The third kappa shape index (κ3) is 2.88. The molecule has 136 valence electrons. The molecule has 3 aromatic rings. The Morgan fingerprint density at radius 2 is 1.96 bits per heavy atom. The highest BCUT2D eigenvalue weighted by molar-refractivity contribution is 9.10. The molecule has 0 aliphatic heterocycles.